The standard InChI is InChI=1S/C32H45Cl2N5O5/c1-3-5-11-22(27(40)29(42)35-14-4-2)36-28(41)26-24-21(32(24,33)34)17-39(26)30(43)25(19-9-7-6-8-10-19)38-31(44)37-23-16-18-12-13-20(23)15-18/h3-4,18-26H,1-2,5-17H2,(H,35,42)(H,36,41)(H2,37,38,44). The Hall–Kier alpha value is -2.59. The fraction of sp³-hybridized carbons (Fsp3) is 0.719. The second-order valence-electron chi connectivity index (χ2n) is 13.3. The zero-order valence-corrected chi connectivity index (χ0v) is 26.7. The van der Waals surface area contributed by atoms with E-state index >= 15 is 0 Å². The van der Waals surface area contributed by atoms with Crippen molar-refractivity contribution in [2.24, 2.45) is 29.6 Å². The molecule has 12 heteroatoms. The fourth-order valence-corrected chi connectivity index (χ4v) is 8.98. The molecule has 5 aliphatic rings. The summed E-state index contributed by atoms with van der Waals surface area (Å²) in [5.41, 5.74) is 0. The number of carbonyl (C=O) groups excluding carboxylic acids is 5. The molecule has 5 amide bonds. The summed E-state index contributed by atoms with van der Waals surface area (Å²) >= 11 is 13.1. The number of rotatable bonds is 13. The monoisotopic (exact) mass is 649 g/mol. The molecular weight excluding hydrogens is 605 g/mol. The minimum Gasteiger partial charge on any atom is -0.346 e. The Morgan fingerprint density at radius 2 is 1.70 bits per heavy atom. The number of carbonyl (C=O) groups is 5. The van der Waals surface area contributed by atoms with Gasteiger partial charge in [0.05, 0.1) is 6.04 Å². The van der Waals surface area contributed by atoms with E-state index in [1.807, 2.05) is 0 Å². The average Bonchev–Trinajstić information content (AvgIpc) is 3.53. The topological polar surface area (TPSA) is 137 Å². The van der Waals surface area contributed by atoms with Crippen LogP contribution in [0.25, 0.3) is 0 Å². The maximum Gasteiger partial charge on any atom is 0.315 e. The number of amides is 5. The van der Waals surface area contributed by atoms with E-state index in [4.69, 9.17) is 23.2 Å². The Balaban J connectivity index is 1.32. The number of Topliss-reactive ketones (excluding diaryl/α,β-unsaturated/α-hetero) is 1. The summed E-state index contributed by atoms with van der Waals surface area (Å²) in [6, 6.07) is -3.19. The Bertz CT molecular complexity index is 1170. The minimum atomic E-state index is -1.19. The van der Waals surface area contributed by atoms with Gasteiger partial charge in [0.1, 0.15) is 16.4 Å². The quantitative estimate of drug-likeness (QED) is 0.138. The van der Waals surface area contributed by atoms with E-state index < -0.39 is 46.0 Å². The van der Waals surface area contributed by atoms with E-state index in [1.54, 1.807) is 6.08 Å². The molecule has 0 aromatic rings. The molecule has 8 unspecified atom stereocenters. The summed E-state index contributed by atoms with van der Waals surface area (Å²) in [6.07, 6.45) is 12.7. The Morgan fingerprint density at radius 3 is 2.34 bits per heavy atom. The van der Waals surface area contributed by atoms with Crippen LogP contribution in [0, 0.1) is 29.6 Å². The van der Waals surface area contributed by atoms with Crippen LogP contribution in [0.15, 0.2) is 25.3 Å². The van der Waals surface area contributed by atoms with Gasteiger partial charge in [0.15, 0.2) is 0 Å². The van der Waals surface area contributed by atoms with Gasteiger partial charge in [-0.1, -0.05) is 37.8 Å². The first-order valence-corrected chi connectivity index (χ1v) is 16.9. The van der Waals surface area contributed by atoms with Gasteiger partial charge in [-0.05, 0) is 62.7 Å². The molecule has 44 heavy (non-hydrogen) atoms. The van der Waals surface area contributed by atoms with Crippen LogP contribution in [0.2, 0.25) is 0 Å². The van der Waals surface area contributed by atoms with E-state index in [1.165, 1.54) is 17.4 Å². The second-order valence-corrected chi connectivity index (χ2v) is 14.8. The number of allylic oxidation sites excluding steroid dienone is 1. The van der Waals surface area contributed by atoms with Crippen LogP contribution in [0.5, 0.6) is 0 Å². The maximum atomic E-state index is 14.3. The molecule has 242 valence electrons. The van der Waals surface area contributed by atoms with Crippen LogP contribution in [0.3, 0.4) is 0 Å². The smallest absolute Gasteiger partial charge is 0.315 e. The lowest BCUT2D eigenvalue weighted by molar-refractivity contribution is -0.144. The largest absolute Gasteiger partial charge is 0.346 e. The molecule has 8 atom stereocenters. The zero-order valence-electron chi connectivity index (χ0n) is 25.2. The van der Waals surface area contributed by atoms with Crippen molar-refractivity contribution in [1.82, 2.24) is 26.2 Å². The average molecular weight is 651 g/mol. The van der Waals surface area contributed by atoms with Gasteiger partial charge >= 0.3 is 6.03 Å². The summed E-state index contributed by atoms with van der Waals surface area (Å²) in [4.78, 5) is 68.4. The zero-order chi connectivity index (χ0) is 31.6. The Labute approximate surface area is 269 Å². The first-order valence-electron chi connectivity index (χ1n) is 16.2. The molecule has 1 saturated heterocycles. The summed E-state index contributed by atoms with van der Waals surface area (Å²) in [5, 5.41) is 11.3. The summed E-state index contributed by atoms with van der Waals surface area (Å²) in [6.45, 7) is 7.49. The Kier molecular flexibility index (Phi) is 10.3. The normalized spacial score (nSPS) is 31.3. The maximum absolute atomic E-state index is 14.3. The van der Waals surface area contributed by atoms with Crippen LogP contribution < -0.4 is 21.3 Å². The van der Waals surface area contributed by atoms with Crippen LogP contribution >= 0.6 is 23.2 Å². The third-order valence-electron chi connectivity index (χ3n) is 10.5. The first-order chi connectivity index (χ1) is 21.1. The number of nitrogens with one attached hydrogen (secondary N) is 4. The van der Waals surface area contributed by atoms with Crippen molar-refractivity contribution in [2.75, 3.05) is 13.1 Å². The summed E-state index contributed by atoms with van der Waals surface area (Å²) < 4.78 is -1.19. The lowest BCUT2D eigenvalue weighted by Crippen LogP contribution is -2.61. The van der Waals surface area contributed by atoms with Gasteiger partial charge in [-0.3, -0.25) is 19.2 Å². The number of alkyl halides is 2. The van der Waals surface area contributed by atoms with Crippen molar-refractivity contribution in [3.8, 4) is 0 Å². The number of fused-ring (bicyclic) bond motifs is 3. The molecule has 0 spiro atoms. The van der Waals surface area contributed by atoms with Crippen LogP contribution in [0.1, 0.15) is 70.6 Å². The third-order valence-corrected chi connectivity index (χ3v) is 11.6. The van der Waals surface area contributed by atoms with Gasteiger partial charge in [-0.2, -0.15) is 0 Å². The molecule has 1 aliphatic heterocycles. The number of urea groups is 1. The number of hydrogen-bond donors (Lipinski definition) is 4. The molecule has 10 nitrogen and oxygen atoms in total. The highest BCUT2D eigenvalue weighted by atomic mass is 35.5. The number of likely N-dealkylation sites (tertiary alicyclic amines) is 1. The molecule has 0 aromatic heterocycles. The molecule has 5 fully saturated rings. The van der Waals surface area contributed by atoms with E-state index in [-0.39, 0.29) is 49.3 Å². The van der Waals surface area contributed by atoms with Gasteiger partial charge in [0, 0.05) is 31.0 Å². The minimum absolute atomic E-state index is 0.0603. The SMILES string of the molecule is C=CCCC(NC(=O)C1C2C(CN1C(=O)C(NC(=O)NC1CC3CCC1C3)C1CCCCC1)C2(Cl)Cl)C(=O)C(=O)NCC=C. The van der Waals surface area contributed by atoms with Crippen molar-refractivity contribution in [3.63, 3.8) is 0 Å². The molecule has 0 aromatic carbocycles. The van der Waals surface area contributed by atoms with Gasteiger partial charge in [0.2, 0.25) is 17.6 Å². The predicted octanol–water partition coefficient (Wildman–Crippen LogP) is 3.38. The number of piperidine rings is 1. The van der Waals surface area contributed by atoms with E-state index in [2.05, 4.69) is 34.4 Å². The van der Waals surface area contributed by atoms with Crippen molar-refractivity contribution in [2.45, 2.75) is 99.1 Å². The highest BCUT2D eigenvalue weighted by Gasteiger charge is 2.74. The molecule has 1 heterocycles. The number of halogens is 2. The van der Waals surface area contributed by atoms with Crippen LogP contribution in [-0.4, -0.2) is 76.0 Å². The highest BCUT2D eigenvalue weighted by molar-refractivity contribution is 6.51. The highest BCUT2D eigenvalue weighted by Crippen LogP contribution is 2.65. The van der Waals surface area contributed by atoms with E-state index in [0.29, 0.717) is 18.3 Å². The molecule has 5 rings (SSSR count). The van der Waals surface area contributed by atoms with Gasteiger partial charge in [-0.25, -0.2) is 4.79 Å². The van der Waals surface area contributed by atoms with Crippen molar-refractivity contribution in [1.29, 1.82) is 0 Å². The van der Waals surface area contributed by atoms with Crippen LogP contribution in [0.4, 0.5) is 4.79 Å². The molecule has 2 bridgehead atoms. The fourth-order valence-electron chi connectivity index (χ4n) is 8.15. The van der Waals surface area contributed by atoms with Crippen molar-refractivity contribution in [3.05, 3.63) is 25.3 Å². The molecule has 4 N–H and O–H groups in total. The Morgan fingerprint density at radius 1 is 0.955 bits per heavy atom. The van der Waals surface area contributed by atoms with E-state index in [9.17, 15) is 24.0 Å². The number of hydrogen-bond acceptors (Lipinski definition) is 5. The lowest BCUT2D eigenvalue weighted by Gasteiger charge is -2.37. The first kappa shape index (κ1) is 32.8. The molecule has 4 saturated carbocycles. The van der Waals surface area contributed by atoms with Gasteiger partial charge in [0.25, 0.3) is 5.91 Å². The van der Waals surface area contributed by atoms with Crippen molar-refractivity contribution < 1.29 is 24.0 Å². The lowest BCUT2D eigenvalue weighted by atomic mass is 9.83. The number of ketones is 1. The van der Waals surface area contributed by atoms with E-state index in [0.717, 1.165) is 51.4 Å². The second kappa shape index (κ2) is 13.8. The van der Waals surface area contributed by atoms with Crippen molar-refractivity contribution >= 4 is 52.7 Å². The van der Waals surface area contributed by atoms with Crippen LogP contribution in [-0.2, 0) is 19.2 Å². The summed E-state index contributed by atoms with van der Waals surface area (Å²) in [7, 11) is 0. The number of nitrogens with zero attached hydrogens (tertiary/aromatic N) is 1. The molecule has 0 radical (unpaired) electrons. The predicted molar refractivity (Wildman–Crippen MR) is 168 cm³/mol. The van der Waals surface area contributed by atoms with Gasteiger partial charge in [-0.15, -0.1) is 36.4 Å². The molecular formula is C32H45Cl2N5O5. The van der Waals surface area contributed by atoms with Gasteiger partial charge < -0.3 is 26.2 Å². The summed E-state index contributed by atoms with van der Waals surface area (Å²) in [5.74, 6) is -2.33. The third kappa shape index (κ3) is 6.81. The molecule has 4 aliphatic carbocycles.